The van der Waals surface area contributed by atoms with Crippen LogP contribution in [0.2, 0.25) is 0 Å². The summed E-state index contributed by atoms with van der Waals surface area (Å²) >= 11 is 0. The number of urea groups is 1. The molecule has 0 saturated carbocycles. The van der Waals surface area contributed by atoms with Crippen molar-refractivity contribution in [2.24, 2.45) is 11.5 Å². The molecule has 2 atom stereocenters. The Morgan fingerprint density at radius 1 is 1.06 bits per heavy atom. The normalized spacial score (nSPS) is 19.7. The maximum absolute atomic E-state index is 13.4. The van der Waals surface area contributed by atoms with Gasteiger partial charge < -0.3 is 25.8 Å². The van der Waals surface area contributed by atoms with Crippen LogP contribution in [0.25, 0.3) is 0 Å². The van der Waals surface area contributed by atoms with E-state index in [-0.39, 0.29) is 6.42 Å². The van der Waals surface area contributed by atoms with E-state index in [1.807, 2.05) is 0 Å². The van der Waals surface area contributed by atoms with Gasteiger partial charge in [-0.3, -0.25) is 10.5 Å². The lowest BCUT2D eigenvalue weighted by Gasteiger charge is -2.37. The van der Waals surface area contributed by atoms with Crippen molar-refractivity contribution in [2.75, 3.05) is 6.54 Å². The summed E-state index contributed by atoms with van der Waals surface area (Å²) in [6.45, 7) is 10.1. The van der Waals surface area contributed by atoms with E-state index in [2.05, 4.69) is 10.6 Å². The van der Waals surface area contributed by atoms with Crippen molar-refractivity contribution < 1.29 is 28.7 Å². The molecule has 0 spiro atoms. The van der Waals surface area contributed by atoms with Gasteiger partial charge in [0.25, 0.3) is 0 Å². The third kappa shape index (κ3) is 8.18. The quantitative estimate of drug-likeness (QED) is 0.433. The maximum Gasteiger partial charge on any atom is 0.420 e. The molecule has 0 aliphatic carbocycles. The van der Waals surface area contributed by atoms with Gasteiger partial charge in [0.05, 0.1) is 0 Å². The van der Waals surface area contributed by atoms with Crippen LogP contribution >= 0.6 is 0 Å². The van der Waals surface area contributed by atoms with Gasteiger partial charge in [0.2, 0.25) is 0 Å². The average Bonchev–Trinajstić information content (AvgIpc) is 2.56. The van der Waals surface area contributed by atoms with Crippen molar-refractivity contribution in [3.8, 4) is 0 Å². The molecule has 1 heterocycles. The number of hydrogen-bond acceptors (Lipinski definition) is 8. The number of hydrogen-bond donors (Lipinski definition) is 4. The zero-order valence-corrected chi connectivity index (χ0v) is 19.1. The summed E-state index contributed by atoms with van der Waals surface area (Å²) in [6.07, 6.45) is 1.38. The highest BCUT2D eigenvalue weighted by molar-refractivity contribution is 6.03. The molecule has 0 aromatic rings. The fraction of sp³-hybridized carbons (Fsp3) is 0.700. The van der Waals surface area contributed by atoms with Crippen LogP contribution in [-0.2, 0) is 14.3 Å². The Balaban J connectivity index is 3.41. The van der Waals surface area contributed by atoms with Crippen molar-refractivity contribution in [3.63, 3.8) is 0 Å². The standard InChI is InChI=1S/C20H35N5O6/c1-18(2,3)30-16(28)25(17(29)31-19(4,5)6)13(9-7-8-11-21)14(26)20(22)10-12-23-15(27)24-20/h10,12-13H,7-9,11,21-22H2,1-6H3,(H2,23,24,27). The minimum absolute atomic E-state index is 0.0601. The molecule has 1 rings (SSSR count). The van der Waals surface area contributed by atoms with Crippen LogP contribution in [0.1, 0.15) is 60.8 Å². The molecule has 0 aromatic carbocycles. The number of ketones is 1. The number of nitrogens with one attached hydrogen (secondary N) is 2. The average molecular weight is 442 g/mol. The van der Waals surface area contributed by atoms with Gasteiger partial charge in [0, 0.05) is 6.20 Å². The Labute approximate surface area is 182 Å². The number of carbonyl (C=O) groups excluding carboxylic acids is 4. The number of imide groups is 1. The van der Waals surface area contributed by atoms with Crippen LogP contribution in [-0.4, -0.2) is 58.4 Å². The Morgan fingerprint density at radius 2 is 1.58 bits per heavy atom. The summed E-state index contributed by atoms with van der Waals surface area (Å²) in [4.78, 5) is 51.8. The predicted molar refractivity (Wildman–Crippen MR) is 114 cm³/mol. The van der Waals surface area contributed by atoms with E-state index in [9.17, 15) is 19.2 Å². The van der Waals surface area contributed by atoms with Crippen LogP contribution in [0.5, 0.6) is 0 Å². The first kappa shape index (κ1) is 26.4. The first-order valence-electron chi connectivity index (χ1n) is 10.1. The van der Waals surface area contributed by atoms with E-state index in [4.69, 9.17) is 20.9 Å². The van der Waals surface area contributed by atoms with Crippen molar-refractivity contribution in [3.05, 3.63) is 12.3 Å². The number of ether oxygens (including phenoxy) is 2. The third-order valence-corrected chi connectivity index (χ3v) is 4.02. The molecule has 31 heavy (non-hydrogen) atoms. The highest BCUT2D eigenvalue weighted by Gasteiger charge is 2.47. The van der Waals surface area contributed by atoms with Crippen molar-refractivity contribution in [1.82, 2.24) is 15.5 Å². The van der Waals surface area contributed by atoms with E-state index in [1.54, 1.807) is 41.5 Å². The van der Waals surface area contributed by atoms with Gasteiger partial charge in [-0.05, 0) is 73.4 Å². The van der Waals surface area contributed by atoms with E-state index in [0.29, 0.717) is 24.3 Å². The molecule has 6 N–H and O–H groups in total. The van der Waals surface area contributed by atoms with Crippen LogP contribution in [0.4, 0.5) is 14.4 Å². The molecule has 2 unspecified atom stereocenters. The molecule has 11 nitrogen and oxygen atoms in total. The molecule has 0 radical (unpaired) electrons. The smallest absolute Gasteiger partial charge is 0.420 e. The molecule has 0 aromatic heterocycles. The van der Waals surface area contributed by atoms with Gasteiger partial charge in [-0.25, -0.2) is 19.3 Å². The van der Waals surface area contributed by atoms with Gasteiger partial charge in [-0.2, -0.15) is 0 Å². The highest BCUT2D eigenvalue weighted by atomic mass is 16.6. The number of carbonyl (C=O) groups is 4. The number of unbranched alkanes of at least 4 members (excludes halogenated alkanes) is 1. The van der Waals surface area contributed by atoms with Gasteiger partial charge >= 0.3 is 18.2 Å². The lowest BCUT2D eigenvalue weighted by Crippen LogP contribution is -2.69. The zero-order chi connectivity index (χ0) is 24.0. The van der Waals surface area contributed by atoms with Gasteiger partial charge in [-0.1, -0.05) is 0 Å². The van der Waals surface area contributed by atoms with Gasteiger partial charge in [0.1, 0.15) is 17.2 Å². The number of nitrogens with two attached hydrogens (primary N) is 2. The maximum atomic E-state index is 13.4. The number of amides is 4. The lowest BCUT2D eigenvalue weighted by molar-refractivity contribution is -0.129. The topological polar surface area (TPSA) is 166 Å². The molecule has 4 amide bonds. The summed E-state index contributed by atoms with van der Waals surface area (Å²) in [5.74, 6) is -0.771. The lowest BCUT2D eigenvalue weighted by atomic mass is 9.93. The Hall–Kier alpha value is -2.66. The zero-order valence-electron chi connectivity index (χ0n) is 19.1. The fourth-order valence-electron chi connectivity index (χ4n) is 2.74. The Bertz CT molecular complexity index is 697. The van der Waals surface area contributed by atoms with Crippen molar-refractivity contribution >= 4 is 24.0 Å². The van der Waals surface area contributed by atoms with Gasteiger partial charge in [0.15, 0.2) is 11.4 Å². The number of Topliss-reactive ketones (excluding diaryl/α,β-unsaturated/α-hetero) is 1. The summed E-state index contributed by atoms with van der Waals surface area (Å²) in [7, 11) is 0. The second-order valence-electron chi connectivity index (χ2n) is 9.30. The molecule has 0 fully saturated rings. The summed E-state index contributed by atoms with van der Waals surface area (Å²) in [5.41, 5.74) is 7.87. The van der Waals surface area contributed by atoms with Crippen LogP contribution in [0.15, 0.2) is 12.3 Å². The van der Waals surface area contributed by atoms with Crippen molar-refractivity contribution in [1.29, 1.82) is 0 Å². The van der Waals surface area contributed by atoms with Gasteiger partial charge in [-0.15, -0.1) is 0 Å². The second-order valence-corrected chi connectivity index (χ2v) is 9.30. The van der Waals surface area contributed by atoms with Crippen molar-refractivity contribution in [2.45, 2.75) is 83.7 Å². The minimum atomic E-state index is -1.93. The summed E-state index contributed by atoms with van der Waals surface area (Å²) in [5, 5.41) is 4.67. The first-order valence-corrected chi connectivity index (χ1v) is 10.1. The van der Waals surface area contributed by atoms with Crippen LogP contribution < -0.4 is 22.1 Å². The molecule has 1 aliphatic heterocycles. The Morgan fingerprint density at radius 3 is 2.00 bits per heavy atom. The molecule has 0 bridgehead atoms. The third-order valence-electron chi connectivity index (χ3n) is 4.02. The summed E-state index contributed by atoms with van der Waals surface area (Å²) < 4.78 is 10.7. The fourth-order valence-corrected chi connectivity index (χ4v) is 2.74. The predicted octanol–water partition coefficient (Wildman–Crippen LogP) is 1.71. The molecule has 1 aliphatic rings. The Kier molecular flexibility index (Phi) is 8.59. The highest BCUT2D eigenvalue weighted by Crippen LogP contribution is 2.23. The monoisotopic (exact) mass is 441 g/mol. The summed E-state index contributed by atoms with van der Waals surface area (Å²) in [6, 6.07) is -2.05. The minimum Gasteiger partial charge on any atom is -0.443 e. The number of rotatable bonds is 7. The molecule has 11 heteroatoms. The molecule has 0 saturated heterocycles. The van der Waals surface area contributed by atoms with E-state index < -0.39 is 46.9 Å². The second kappa shape index (κ2) is 10.1. The van der Waals surface area contributed by atoms with E-state index >= 15 is 0 Å². The molecular weight excluding hydrogens is 406 g/mol. The van der Waals surface area contributed by atoms with Crippen LogP contribution in [0.3, 0.4) is 0 Å². The van der Waals surface area contributed by atoms with E-state index in [1.165, 1.54) is 12.3 Å². The molecular formula is C20H35N5O6. The molecule has 176 valence electrons. The number of nitrogens with zero attached hydrogens (tertiary/aromatic N) is 1. The largest absolute Gasteiger partial charge is 0.443 e. The van der Waals surface area contributed by atoms with Crippen LogP contribution in [0, 0.1) is 0 Å². The van der Waals surface area contributed by atoms with E-state index in [0.717, 1.165) is 0 Å². The first-order chi connectivity index (χ1) is 14.1. The SMILES string of the molecule is CC(C)(C)OC(=O)N(C(=O)OC(C)(C)C)C(CCCCN)C(=O)C1(N)C=CNC(=O)N1.